The van der Waals surface area contributed by atoms with Crippen LogP contribution in [0, 0.1) is 25.2 Å². The van der Waals surface area contributed by atoms with Gasteiger partial charge in [-0.25, -0.2) is 0 Å². The molecule has 0 aliphatic rings. The zero-order valence-corrected chi connectivity index (χ0v) is 13.6. The fraction of sp³-hybridized carbons (Fsp3) is 0.200. The molecule has 3 aromatic heterocycles. The van der Waals surface area contributed by atoms with Gasteiger partial charge >= 0.3 is 0 Å². The summed E-state index contributed by atoms with van der Waals surface area (Å²) in [5.74, 6) is 1.13. The number of hydrogen-bond acceptors (Lipinski definition) is 8. The fourth-order valence-electron chi connectivity index (χ4n) is 1.91. The highest BCUT2D eigenvalue weighted by Gasteiger charge is 2.18. The van der Waals surface area contributed by atoms with Crippen molar-refractivity contribution in [3.8, 4) is 17.7 Å². The molecule has 0 aliphatic carbocycles. The maximum atomic E-state index is 12.0. The fourth-order valence-corrected chi connectivity index (χ4v) is 2.47. The zero-order chi connectivity index (χ0) is 17.1. The van der Waals surface area contributed by atoms with Gasteiger partial charge in [-0.1, -0.05) is 11.8 Å². The number of aryl methyl sites for hydroxylation is 1. The minimum atomic E-state index is -0.344. The van der Waals surface area contributed by atoms with E-state index in [9.17, 15) is 4.79 Å². The number of thioether (sulfide) groups is 1. The van der Waals surface area contributed by atoms with Gasteiger partial charge < -0.3 is 13.3 Å². The quantitative estimate of drug-likeness (QED) is 0.701. The van der Waals surface area contributed by atoms with Crippen LogP contribution in [0.5, 0.6) is 0 Å². The van der Waals surface area contributed by atoms with E-state index >= 15 is 0 Å². The summed E-state index contributed by atoms with van der Waals surface area (Å²) in [6.07, 6.45) is 1.50. The lowest BCUT2D eigenvalue weighted by atomic mass is 10.2. The van der Waals surface area contributed by atoms with Gasteiger partial charge in [0.25, 0.3) is 11.1 Å². The second kappa shape index (κ2) is 6.64. The maximum Gasteiger partial charge on any atom is 0.284 e. The second-order valence-corrected chi connectivity index (χ2v) is 5.71. The van der Waals surface area contributed by atoms with Crippen LogP contribution in [0.15, 0.2) is 36.9 Å². The van der Waals surface area contributed by atoms with Gasteiger partial charge in [0, 0.05) is 5.56 Å². The Morgan fingerprint density at radius 2 is 2.21 bits per heavy atom. The van der Waals surface area contributed by atoms with Gasteiger partial charge in [0.05, 0.1) is 12.0 Å². The van der Waals surface area contributed by atoms with E-state index in [1.54, 1.807) is 26.0 Å². The lowest BCUT2D eigenvalue weighted by Crippen LogP contribution is -2.14. The first kappa shape index (κ1) is 15.9. The van der Waals surface area contributed by atoms with Crippen LogP contribution in [0.1, 0.15) is 16.9 Å². The van der Waals surface area contributed by atoms with Gasteiger partial charge in [0.1, 0.15) is 17.4 Å². The Morgan fingerprint density at radius 3 is 2.92 bits per heavy atom. The van der Waals surface area contributed by atoms with Crippen LogP contribution < -0.4 is 5.32 Å². The molecule has 0 spiro atoms. The van der Waals surface area contributed by atoms with Crippen molar-refractivity contribution in [3.63, 3.8) is 0 Å². The molecule has 122 valence electrons. The molecule has 0 fully saturated rings. The summed E-state index contributed by atoms with van der Waals surface area (Å²) in [5.41, 5.74) is 1.03. The molecule has 1 N–H and O–H groups in total. The van der Waals surface area contributed by atoms with E-state index in [2.05, 4.69) is 15.5 Å². The third kappa shape index (κ3) is 3.18. The molecule has 3 heterocycles. The van der Waals surface area contributed by atoms with Gasteiger partial charge in [0.15, 0.2) is 5.76 Å². The van der Waals surface area contributed by atoms with Crippen LogP contribution in [-0.4, -0.2) is 21.9 Å². The molecule has 0 radical (unpaired) electrons. The van der Waals surface area contributed by atoms with Crippen LogP contribution in [0.25, 0.3) is 11.7 Å². The summed E-state index contributed by atoms with van der Waals surface area (Å²) < 4.78 is 15.9. The van der Waals surface area contributed by atoms with E-state index < -0.39 is 0 Å². The molecule has 9 heteroatoms. The standard InChI is InChI=1S/C15H12N4O4S/c1-8-9(2)22-13(10(8)6-16)17-12(20)7-24-15-19-18-14(23-15)11-4-3-5-21-11/h3-5H,7H2,1-2H3,(H,17,20). The van der Waals surface area contributed by atoms with Crippen molar-refractivity contribution in [1.29, 1.82) is 5.26 Å². The second-order valence-electron chi connectivity index (χ2n) is 4.79. The van der Waals surface area contributed by atoms with Crippen molar-refractivity contribution >= 4 is 23.6 Å². The predicted octanol–water partition coefficient (Wildman–Crippen LogP) is 3.14. The highest BCUT2D eigenvalue weighted by Crippen LogP contribution is 2.26. The summed E-state index contributed by atoms with van der Waals surface area (Å²) in [6.45, 7) is 3.49. The van der Waals surface area contributed by atoms with Gasteiger partial charge in [-0.05, 0) is 26.0 Å². The number of nitriles is 1. The number of aromatic nitrogens is 2. The first-order chi connectivity index (χ1) is 11.6. The average Bonchev–Trinajstić information content (AvgIpc) is 3.28. The molecule has 0 bridgehead atoms. The number of amides is 1. The summed E-state index contributed by atoms with van der Waals surface area (Å²) in [7, 11) is 0. The Kier molecular flexibility index (Phi) is 4.39. The minimum Gasteiger partial charge on any atom is -0.459 e. The molecule has 0 unspecified atom stereocenters. The number of carbonyl (C=O) groups is 1. The van der Waals surface area contributed by atoms with E-state index in [4.69, 9.17) is 18.5 Å². The van der Waals surface area contributed by atoms with Crippen molar-refractivity contribution in [2.24, 2.45) is 0 Å². The van der Waals surface area contributed by atoms with Crippen LogP contribution in [0.2, 0.25) is 0 Å². The first-order valence-corrected chi connectivity index (χ1v) is 7.87. The molecular weight excluding hydrogens is 332 g/mol. The van der Waals surface area contributed by atoms with Crippen molar-refractivity contribution in [2.75, 3.05) is 11.1 Å². The van der Waals surface area contributed by atoms with Crippen molar-refractivity contribution < 1.29 is 18.0 Å². The molecular formula is C15H12N4O4S. The third-order valence-corrected chi connectivity index (χ3v) is 4.03. The predicted molar refractivity (Wildman–Crippen MR) is 84.3 cm³/mol. The largest absolute Gasteiger partial charge is 0.459 e. The monoisotopic (exact) mass is 344 g/mol. The number of nitrogens with one attached hydrogen (secondary N) is 1. The molecule has 0 saturated carbocycles. The lowest BCUT2D eigenvalue weighted by Gasteiger charge is -2.00. The van der Waals surface area contributed by atoms with Crippen LogP contribution in [0.4, 0.5) is 5.88 Å². The molecule has 3 aromatic rings. The number of carbonyl (C=O) groups excluding carboxylic acids is 1. The van der Waals surface area contributed by atoms with E-state index in [-0.39, 0.29) is 28.7 Å². The zero-order valence-electron chi connectivity index (χ0n) is 12.8. The lowest BCUT2D eigenvalue weighted by molar-refractivity contribution is -0.113. The van der Waals surface area contributed by atoms with E-state index in [0.29, 0.717) is 22.6 Å². The van der Waals surface area contributed by atoms with E-state index in [1.807, 2.05) is 6.07 Å². The summed E-state index contributed by atoms with van der Waals surface area (Å²) in [5, 5.41) is 19.6. The molecule has 0 aliphatic heterocycles. The number of hydrogen-bond donors (Lipinski definition) is 1. The first-order valence-electron chi connectivity index (χ1n) is 6.88. The highest BCUT2D eigenvalue weighted by atomic mass is 32.2. The van der Waals surface area contributed by atoms with Gasteiger partial charge in [0.2, 0.25) is 11.8 Å². The van der Waals surface area contributed by atoms with Gasteiger partial charge in [-0.2, -0.15) is 5.26 Å². The molecule has 0 aromatic carbocycles. The van der Waals surface area contributed by atoms with Crippen molar-refractivity contribution in [2.45, 2.75) is 19.1 Å². The molecule has 0 saturated heterocycles. The number of furan rings is 2. The van der Waals surface area contributed by atoms with Gasteiger partial charge in [-0.15, -0.1) is 10.2 Å². The Balaban J connectivity index is 1.60. The normalized spacial score (nSPS) is 10.5. The Bertz CT molecular complexity index is 905. The molecule has 8 nitrogen and oxygen atoms in total. The minimum absolute atomic E-state index is 0.0312. The number of nitrogens with zero attached hydrogens (tertiary/aromatic N) is 3. The summed E-state index contributed by atoms with van der Waals surface area (Å²) >= 11 is 1.07. The molecule has 0 atom stereocenters. The average molecular weight is 344 g/mol. The Hall–Kier alpha value is -2.99. The highest BCUT2D eigenvalue weighted by molar-refractivity contribution is 7.99. The van der Waals surface area contributed by atoms with Gasteiger partial charge in [-0.3, -0.25) is 10.1 Å². The molecule has 24 heavy (non-hydrogen) atoms. The topological polar surface area (TPSA) is 118 Å². The smallest absolute Gasteiger partial charge is 0.284 e. The maximum absolute atomic E-state index is 12.0. The van der Waals surface area contributed by atoms with E-state index in [0.717, 1.165) is 11.8 Å². The number of anilines is 1. The van der Waals surface area contributed by atoms with Crippen LogP contribution >= 0.6 is 11.8 Å². The van der Waals surface area contributed by atoms with Crippen molar-refractivity contribution in [1.82, 2.24) is 10.2 Å². The van der Waals surface area contributed by atoms with Crippen molar-refractivity contribution in [3.05, 3.63) is 35.3 Å². The Labute approximate surface area is 140 Å². The SMILES string of the molecule is Cc1oc(NC(=O)CSc2nnc(-c3ccco3)o2)c(C#N)c1C. The van der Waals surface area contributed by atoms with E-state index in [1.165, 1.54) is 6.26 Å². The number of rotatable bonds is 5. The third-order valence-electron chi connectivity index (χ3n) is 3.22. The van der Waals surface area contributed by atoms with Crippen LogP contribution in [0.3, 0.4) is 0 Å². The Morgan fingerprint density at radius 1 is 1.38 bits per heavy atom. The molecule has 1 amide bonds. The molecule has 3 rings (SSSR count). The van der Waals surface area contributed by atoms with Crippen LogP contribution in [-0.2, 0) is 4.79 Å². The summed E-state index contributed by atoms with van der Waals surface area (Å²) in [6, 6.07) is 5.42. The summed E-state index contributed by atoms with van der Waals surface area (Å²) in [4.78, 5) is 12.0.